The molecule has 2 aromatic rings. The standard InChI is InChI=1S/C16H15ClN2/c1-2-11-4-3-5-13(16(11)17)15-7-6-12-10-18-9-8-14(12)19-15/h3,5-11H,2,4H2,1H3. The minimum atomic E-state index is 0.427. The minimum absolute atomic E-state index is 0.427. The van der Waals surface area contributed by atoms with E-state index in [4.69, 9.17) is 11.6 Å². The zero-order valence-corrected chi connectivity index (χ0v) is 11.6. The monoisotopic (exact) mass is 270 g/mol. The first-order chi connectivity index (χ1) is 9.29. The summed E-state index contributed by atoms with van der Waals surface area (Å²) in [6, 6.07) is 5.99. The lowest BCUT2D eigenvalue weighted by Crippen LogP contribution is -2.04. The fraction of sp³-hybridized carbons (Fsp3) is 0.250. The molecular formula is C16H15ClN2. The van der Waals surface area contributed by atoms with E-state index in [9.17, 15) is 0 Å². The Balaban J connectivity index is 2.11. The minimum Gasteiger partial charge on any atom is -0.264 e. The molecule has 2 nitrogen and oxygen atoms in total. The SMILES string of the molecule is CCC1CC=CC(c2ccc3cnccc3n2)=C1Cl. The van der Waals surface area contributed by atoms with E-state index < -0.39 is 0 Å². The summed E-state index contributed by atoms with van der Waals surface area (Å²) in [6.45, 7) is 2.17. The van der Waals surface area contributed by atoms with E-state index >= 15 is 0 Å². The number of halogens is 1. The molecule has 1 aliphatic rings. The maximum atomic E-state index is 6.51. The normalized spacial score (nSPS) is 19.2. The Labute approximate surface area is 117 Å². The van der Waals surface area contributed by atoms with Crippen LogP contribution in [0.1, 0.15) is 25.5 Å². The molecule has 0 amide bonds. The predicted molar refractivity (Wildman–Crippen MR) is 79.8 cm³/mol. The van der Waals surface area contributed by atoms with Crippen molar-refractivity contribution in [3.8, 4) is 0 Å². The van der Waals surface area contributed by atoms with Crippen molar-refractivity contribution in [1.82, 2.24) is 9.97 Å². The molecule has 0 spiro atoms. The molecule has 0 N–H and O–H groups in total. The molecule has 0 radical (unpaired) electrons. The lowest BCUT2D eigenvalue weighted by atomic mass is 9.92. The molecule has 1 aliphatic carbocycles. The van der Waals surface area contributed by atoms with E-state index in [0.717, 1.165) is 40.0 Å². The maximum absolute atomic E-state index is 6.51. The number of fused-ring (bicyclic) bond motifs is 1. The molecule has 3 rings (SSSR count). The number of hydrogen-bond donors (Lipinski definition) is 0. The number of allylic oxidation sites excluding steroid dienone is 4. The van der Waals surface area contributed by atoms with Crippen LogP contribution in [-0.4, -0.2) is 9.97 Å². The van der Waals surface area contributed by atoms with Crippen LogP contribution in [0.3, 0.4) is 0 Å². The van der Waals surface area contributed by atoms with Crippen LogP contribution in [0.4, 0.5) is 0 Å². The molecular weight excluding hydrogens is 256 g/mol. The van der Waals surface area contributed by atoms with Gasteiger partial charge in [0.15, 0.2) is 0 Å². The fourth-order valence-corrected chi connectivity index (χ4v) is 2.83. The Morgan fingerprint density at radius 3 is 3.05 bits per heavy atom. The van der Waals surface area contributed by atoms with Crippen LogP contribution in [0, 0.1) is 5.92 Å². The second-order valence-corrected chi connectivity index (χ2v) is 5.18. The first kappa shape index (κ1) is 12.4. The van der Waals surface area contributed by atoms with Gasteiger partial charge in [-0.05, 0) is 37.0 Å². The summed E-state index contributed by atoms with van der Waals surface area (Å²) in [5.74, 6) is 0.427. The summed E-state index contributed by atoms with van der Waals surface area (Å²) in [7, 11) is 0. The third kappa shape index (κ3) is 2.28. The first-order valence-corrected chi connectivity index (χ1v) is 6.94. The van der Waals surface area contributed by atoms with Gasteiger partial charge in [-0.3, -0.25) is 4.98 Å². The van der Waals surface area contributed by atoms with Crippen molar-refractivity contribution in [1.29, 1.82) is 0 Å². The van der Waals surface area contributed by atoms with Gasteiger partial charge in [-0.25, -0.2) is 4.98 Å². The molecule has 2 aromatic heterocycles. The average molecular weight is 271 g/mol. The molecule has 0 fully saturated rings. The van der Waals surface area contributed by atoms with Crippen LogP contribution in [0.5, 0.6) is 0 Å². The molecule has 0 bridgehead atoms. The van der Waals surface area contributed by atoms with Gasteiger partial charge < -0.3 is 0 Å². The van der Waals surface area contributed by atoms with Gasteiger partial charge in [0, 0.05) is 28.4 Å². The number of pyridine rings is 2. The Morgan fingerprint density at radius 1 is 1.32 bits per heavy atom. The van der Waals surface area contributed by atoms with Gasteiger partial charge in [-0.15, -0.1) is 0 Å². The van der Waals surface area contributed by atoms with E-state index in [1.807, 2.05) is 24.4 Å². The van der Waals surface area contributed by atoms with Gasteiger partial charge in [0.1, 0.15) is 0 Å². The summed E-state index contributed by atoms with van der Waals surface area (Å²) >= 11 is 6.51. The molecule has 0 aliphatic heterocycles. The molecule has 0 saturated carbocycles. The highest BCUT2D eigenvalue weighted by molar-refractivity contribution is 6.33. The molecule has 19 heavy (non-hydrogen) atoms. The van der Waals surface area contributed by atoms with Gasteiger partial charge in [-0.2, -0.15) is 0 Å². The Bertz CT molecular complexity index is 673. The van der Waals surface area contributed by atoms with Crippen molar-refractivity contribution in [3.63, 3.8) is 0 Å². The van der Waals surface area contributed by atoms with Crippen molar-refractivity contribution in [3.05, 3.63) is 53.5 Å². The smallest absolute Gasteiger partial charge is 0.0740 e. The van der Waals surface area contributed by atoms with Crippen molar-refractivity contribution >= 4 is 28.1 Å². The van der Waals surface area contributed by atoms with E-state index in [0.29, 0.717) is 5.92 Å². The second kappa shape index (κ2) is 5.14. The summed E-state index contributed by atoms with van der Waals surface area (Å²) < 4.78 is 0. The molecule has 96 valence electrons. The van der Waals surface area contributed by atoms with E-state index in [2.05, 4.69) is 29.0 Å². The molecule has 1 atom stereocenters. The van der Waals surface area contributed by atoms with Crippen LogP contribution in [-0.2, 0) is 0 Å². The third-order valence-corrected chi connectivity index (χ3v) is 4.09. The van der Waals surface area contributed by atoms with Crippen LogP contribution >= 0.6 is 11.6 Å². The van der Waals surface area contributed by atoms with E-state index in [1.165, 1.54) is 0 Å². The summed E-state index contributed by atoms with van der Waals surface area (Å²) in [4.78, 5) is 8.79. The van der Waals surface area contributed by atoms with Gasteiger partial charge >= 0.3 is 0 Å². The number of nitrogens with zero attached hydrogens (tertiary/aromatic N) is 2. The molecule has 0 aromatic carbocycles. The number of aromatic nitrogens is 2. The summed E-state index contributed by atoms with van der Waals surface area (Å²) in [6.07, 6.45) is 9.95. The lowest BCUT2D eigenvalue weighted by Gasteiger charge is -2.19. The van der Waals surface area contributed by atoms with Crippen molar-refractivity contribution in [2.45, 2.75) is 19.8 Å². The Hall–Kier alpha value is -1.67. The zero-order chi connectivity index (χ0) is 13.2. The van der Waals surface area contributed by atoms with Crippen LogP contribution < -0.4 is 0 Å². The Morgan fingerprint density at radius 2 is 2.21 bits per heavy atom. The molecule has 0 saturated heterocycles. The average Bonchev–Trinajstić information content (AvgIpc) is 2.47. The molecule has 2 heterocycles. The van der Waals surface area contributed by atoms with E-state index in [1.54, 1.807) is 6.20 Å². The zero-order valence-electron chi connectivity index (χ0n) is 10.8. The first-order valence-electron chi connectivity index (χ1n) is 6.57. The second-order valence-electron chi connectivity index (χ2n) is 4.77. The maximum Gasteiger partial charge on any atom is 0.0740 e. The quantitative estimate of drug-likeness (QED) is 0.799. The topological polar surface area (TPSA) is 25.8 Å². The van der Waals surface area contributed by atoms with Crippen LogP contribution in [0.25, 0.3) is 16.5 Å². The summed E-state index contributed by atoms with van der Waals surface area (Å²) in [5, 5.41) is 1.99. The molecule has 3 heteroatoms. The highest BCUT2D eigenvalue weighted by Gasteiger charge is 2.18. The van der Waals surface area contributed by atoms with Gasteiger partial charge in [0.2, 0.25) is 0 Å². The highest BCUT2D eigenvalue weighted by atomic mass is 35.5. The largest absolute Gasteiger partial charge is 0.264 e. The molecule has 1 unspecified atom stereocenters. The number of rotatable bonds is 2. The van der Waals surface area contributed by atoms with Crippen molar-refractivity contribution in [2.75, 3.05) is 0 Å². The van der Waals surface area contributed by atoms with Gasteiger partial charge in [-0.1, -0.05) is 30.7 Å². The highest BCUT2D eigenvalue weighted by Crippen LogP contribution is 2.35. The van der Waals surface area contributed by atoms with E-state index in [-0.39, 0.29) is 0 Å². The lowest BCUT2D eigenvalue weighted by molar-refractivity contribution is 0.623. The van der Waals surface area contributed by atoms with Gasteiger partial charge in [0.05, 0.1) is 11.2 Å². The van der Waals surface area contributed by atoms with Crippen molar-refractivity contribution < 1.29 is 0 Å². The van der Waals surface area contributed by atoms with Gasteiger partial charge in [0.25, 0.3) is 0 Å². The third-order valence-electron chi connectivity index (χ3n) is 3.58. The fourth-order valence-electron chi connectivity index (χ4n) is 2.42. The Kier molecular flexibility index (Phi) is 3.34. The predicted octanol–water partition coefficient (Wildman–Crippen LogP) is 4.57. The number of hydrogen-bond acceptors (Lipinski definition) is 2. The van der Waals surface area contributed by atoms with Crippen LogP contribution in [0.2, 0.25) is 0 Å². The summed E-state index contributed by atoms with van der Waals surface area (Å²) in [5.41, 5.74) is 2.95. The van der Waals surface area contributed by atoms with Crippen molar-refractivity contribution in [2.24, 2.45) is 5.92 Å². The van der Waals surface area contributed by atoms with Crippen LogP contribution in [0.15, 0.2) is 47.8 Å².